The molecule has 9 aromatic rings. The molecule has 3 aromatic heterocycles. The maximum Gasteiger partial charge on any atom is 0.234 e. The van der Waals surface area contributed by atoms with Gasteiger partial charge in [-0.1, -0.05) is 97.1 Å². The van der Waals surface area contributed by atoms with Crippen LogP contribution in [0.1, 0.15) is 11.3 Å². The Labute approximate surface area is 259 Å². The van der Waals surface area contributed by atoms with Crippen molar-refractivity contribution in [1.29, 1.82) is 0 Å². The van der Waals surface area contributed by atoms with E-state index in [4.69, 9.17) is 9.97 Å². The van der Waals surface area contributed by atoms with Crippen LogP contribution in [-0.4, -0.2) is 19.1 Å². The lowest BCUT2D eigenvalue weighted by atomic mass is 10.0. The number of benzene rings is 6. The highest BCUT2D eigenvalue weighted by Gasteiger charge is 2.22. The predicted molar refractivity (Wildman–Crippen MR) is 184 cm³/mol. The number of aromatic nitrogens is 4. The highest BCUT2D eigenvalue weighted by molar-refractivity contribution is 6.12. The van der Waals surface area contributed by atoms with Gasteiger partial charge in [-0.2, -0.15) is 0 Å². The molecule has 4 heteroatoms. The third-order valence-corrected chi connectivity index (χ3v) is 9.41. The Bertz CT molecular complexity index is 2620. The van der Waals surface area contributed by atoms with Crippen LogP contribution in [0.4, 0.5) is 0 Å². The standard InChI is InChI=1S/C41H26N4/c1-2-11-29(12-3-1)44-37-16-8-7-15-32(37)34-22-26(19-21-39(34)44)27-18-20-33-31-14-6-9-17-38(31)45(40(33)24-27)41-42-25-35-30-13-5-4-10-28(30)23-36(35)43-41/h1-22,24-25H,23H2. The van der Waals surface area contributed by atoms with Crippen molar-refractivity contribution in [2.24, 2.45) is 0 Å². The first-order valence-electron chi connectivity index (χ1n) is 15.4. The minimum absolute atomic E-state index is 0.714. The Kier molecular flexibility index (Phi) is 5.02. The van der Waals surface area contributed by atoms with Crippen molar-refractivity contribution in [2.75, 3.05) is 0 Å². The third-order valence-electron chi connectivity index (χ3n) is 9.41. The molecule has 0 N–H and O–H groups in total. The van der Waals surface area contributed by atoms with E-state index >= 15 is 0 Å². The molecule has 6 aromatic carbocycles. The van der Waals surface area contributed by atoms with Gasteiger partial charge < -0.3 is 4.57 Å². The van der Waals surface area contributed by atoms with E-state index in [-0.39, 0.29) is 0 Å². The molecule has 10 rings (SSSR count). The van der Waals surface area contributed by atoms with Crippen molar-refractivity contribution < 1.29 is 0 Å². The van der Waals surface area contributed by atoms with Crippen LogP contribution >= 0.6 is 0 Å². The Morgan fingerprint density at radius 3 is 1.98 bits per heavy atom. The molecule has 0 saturated carbocycles. The topological polar surface area (TPSA) is 35.6 Å². The molecule has 0 fully saturated rings. The number of nitrogens with zero attached hydrogens (tertiary/aromatic N) is 4. The minimum Gasteiger partial charge on any atom is -0.309 e. The maximum atomic E-state index is 5.17. The van der Waals surface area contributed by atoms with Gasteiger partial charge in [-0.15, -0.1) is 0 Å². The number of fused-ring (bicyclic) bond motifs is 9. The Morgan fingerprint density at radius 2 is 1.11 bits per heavy atom. The zero-order valence-corrected chi connectivity index (χ0v) is 24.4. The predicted octanol–water partition coefficient (Wildman–Crippen LogP) is 9.91. The average molecular weight is 575 g/mol. The fourth-order valence-electron chi connectivity index (χ4n) is 7.36. The molecule has 1 aliphatic rings. The molecule has 0 unspecified atom stereocenters. The first-order valence-corrected chi connectivity index (χ1v) is 15.4. The van der Waals surface area contributed by atoms with E-state index in [2.05, 4.69) is 149 Å². The molecule has 3 heterocycles. The van der Waals surface area contributed by atoms with E-state index in [1.54, 1.807) is 0 Å². The van der Waals surface area contributed by atoms with Crippen LogP contribution in [0.2, 0.25) is 0 Å². The highest BCUT2D eigenvalue weighted by Crippen LogP contribution is 2.39. The van der Waals surface area contributed by atoms with Crippen LogP contribution in [0.3, 0.4) is 0 Å². The Hall–Kier alpha value is -6.00. The summed E-state index contributed by atoms with van der Waals surface area (Å²) in [6.07, 6.45) is 2.84. The maximum absolute atomic E-state index is 5.17. The van der Waals surface area contributed by atoms with E-state index in [1.165, 1.54) is 60.5 Å². The summed E-state index contributed by atoms with van der Waals surface area (Å²) in [6.45, 7) is 0. The van der Waals surface area contributed by atoms with E-state index in [9.17, 15) is 0 Å². The van der Waals surface area contributed by atoms with Crippen LogP contribution < -0.4 is 0 Å². The van der Waals surface area contributed by atoms with Crippen molar-refractivity contribution in [3.05, 3.63) is 157 Å². The lowest BCUT2D eigenvalue weighted by Gasteiger charge is -2.10. The van der Waals surface area contributed by atoms with Gasteiger partial charge in [0.05, 0.1) is 27.8 Å². The summed E-state index contributed by atoms with van der Waals surface area (Å²) in [7, 11) is 0. The fourth-order valence-corrected chi connectivity index (χ4v) is 7.36. The molecule has 45 heavy (non-hydrogen) atoms. The Balaban J connectivity index is 1.17. The molecule has 0 saturated heterocycles. The molecule has 0 radical (unpaired) electrons. The van der Waals surface area contributed by atoms with Crippen LogP contribution in [-0.2, 0) is 6.42 Å². The van der Waals surface area contributed by atoms with Gasteiger partial charge in [0.25, 0.3) is 0 Å². The van der Waals surface area contributed by atoms with Gasteiger partial charge >= 0.3 is 0 Å². The molecular formula is C41H26N4. The number of rotatable bonds is 3. The summed E-state index contributed by atoms with van der Waals surface area (Å²) in [6, 6.07) is 50.1. The second kappa shape index (κ2) is 9.25. The lowest BCUT2D eigenvalue weighted by molar-refractivity contribution is 0.955. The molecule has 0 bridgehead atoms. The SMILES string of the molecule is c1ccc(-n2c3ccccc3c3cc(-c4ccc5c6ccccc6n(-c6ncc7c(n6)Cc6ccccc6-7)c5c4)ccc32)cc1. The van der Waals surface area contributed by atoms with Gasteiger partial charge in [-0.3, -0.25) is 4.57 Å². The van der Waals surface area contributed by atoms with Crippen LogP contribution in [0.25, 0.3) is 77.5 Å². The number of hydrogen-bond acceptors (Lipinski definition) is 2. The summed E-state index contributed by atoms with van der Waals surface area (Å²) in [5.74, 6) is 0.714. The average Bonchev–Trinajstić information content (AvgIpc) is 3.75. The largest absolute Gasteiger partial charge is 0.309 e. The molecular weight excluding hydrogens is 548 g/mol. The van der Waals surface area contributed by atoms with Crippen molar-refractivity contribution in [1.82, 2.24) is 19.1 Å². The minimum atomic E-state index is 0.714. The van der Waals surface area contributed by atoms with Crippen molar-refractivity contribution >= 4 is 43.6 Å². The lowest BCUT2D eigenvalue weighted by Crippen LogP contribution is -2.03. The molecule has 1 aliphatic carbocycles. The summed E-state index contributed by atoms with van der Waals surface area (Å²) < 4.78 is 4.59. The second-order valence-electron chi connectivity index (χ2n) is 11.9. The highest BCUT2D eigenvalue weighted by atomic mass is 15.2. The van der Waals surface area contributed by atoms with Gasteiger partial charge in [-0.05, 0) is 64.7 Å². The van der Waals surface area contributed by atoms with Crippen molar-refractivity contribution in [2.45, 2.75) is 6.42 Å². The molecule has 210 valence electrons. The fraction of sp³-hybridized carbons (Fsp3) is 0.0244. The van der Waals surface area contributed by atoms with E-state index < -0.39 is 0 Å². The first kappa shape index (κ1) is 24.4. The van der Waals surface area contributed by atoms with Crippen LogP contribution in [0.15, 0.2) is 146 Å². The van der Waals surface area contributed by atoms with Crippen LogP contribution in [0.5, 0.6) is 0 Å². The summed E-state index contributed by atoms with van der Waals surface area (Å²) in [4.78, 5) is 10.1. The first-order chi connectivity index (χ1) is 22.3. The summed E-state index contributed by atoms with van der Waals surface area (Å²) in [5, 5.41) is 4.89. The summed E-state index contributed by atoms with van der Waals surface area (Å²) in [5.41, 5.74) is 12.9. The number of para-hydroxylation sites is 3. The molecule has 0 aliphatic heterocycles. The second-order valence-corrected chi connectivity index (χ2v) is 11.9. The van der Waals surface area contributed by atoms with Crippen molar-refractivity contribution in [3.63, 3.8) is 0 Å². The smallest absolute Gasteiger partial charge is 0.234 e. The van der Waals surface area contributed by atoms with Crippen LogP contribution in [0, 0.1) is 0 Å². The van der Waals surface area contributed by atoms with Crippen molar-refractivity contribution in [3.8, 4) is 33.9 Å². The van der Waals surface area contributed by atoms with Gasteiger partial charge in [0.15, 0.2) is 0 Å². The number of hydrogen-bond donors (Lipinski definition) is 0. The molecule has 4 nitrogen and oxygen atoms in total. The zero-order chi connectivity index (χ0) is 29.5. The zero-order valence-electron chi connectivity index (χ0n) is 24.4. The van der Waals surface area contributed by atoms with E-state index in [1.807, 2.05) is 6.20 Å². The third kappa shape index (κ3) is 3.54. The van der Waals surface area contributed by atoms with Gasteiger partial charge in [0.2, 0.25) is 5.95 Å². The van der Waals surface area contributed by atoms with E-state index in [0.29, 0.717) is 5.95 Å². The van der Waals surface area contributed by atoms with Gasteiger partial charge in [0, 0.05) is 45.4 Å². The van der Waals surface area contributed by atoms with Gasteiger partial charge in [0.1, 0.15) is 0 Å². The van der Waals surface area contributed by atoms with Gasteiger partial charge in [-0.25, -0.2) is 9.97 Å². The summed E-state index contributed by atoms with van der Waals surface area (Å²) >= 11 is 0. The van der Waals surface area contributed by atoms with E-state index in [0.717, 1.165) is 28.7 Å². The monoisotopic (exact) mass is 574 g/mol. The molecule has 0 atom stereocenters. The Morgan fingerprint density at radius 1 is 0.467 bits per heavy atom. The molecule has 0 spiro atoms. The quantitative estimate of drug-likeness (QED) is 0.211. The normalized spacial score (nSPS) is 12.4. The molecule has 0 amide bonds.